The Bertz CT molecular complexity index is 1470. The van der Waals surface area contributed by atoms with Crippen LogP contribution >= 0.6 is 22.9 Å². The van der Waals surface area contributed by atoms with Gasteiger partial charge in [0.25, 0.3) is 5.91 Å². The fourth-order valence-corrected chi connectivity index (χ4v) is 4.80. The Labute approximate surface area is 205 Å². The van der Waals surface area contributed by atoms with Gasteiger partial charge in [0.15, 0.2) is 10.9 Å². The lowest BCUT2D eigenvalue weighted by Gasteiger charge is -2.19. The van der Waals surface area contributed by atoms with Gasteiger partial charge in [-0.25, -0.2) is 4.98 Å². The van der Waals surface area contributed by atoms with E-state index in [9.17, 15) is 9.59 Å². The fraction of sp³-hybridized carbons (Fsp3) is 0.0370. The number of halogens is 1. The summed E-state index contributed by atoms with van der Waals surface area (Å²) in [7, 11) is 0. The molecule has 0 aliphatic carbocycles. The fourth-order valence-electron chi connectivity index (χ4n) is 3.56. The number of nitrogens with zero attached hydrogens (tertiary/aromatic N) is 3. The molecular weight excluding hydrogens is 466 g/mol. The standard InChI is InChI=1S/C27H18ClN3O2S/c28-21-13-14-23-24(16-21)34-27(30-23)31(17-22-8-4-5-15-29-22)26(33)20-11-9-19(10-12-20)25(32)18-6-2-1-3-7-18/h1-16H,17H2. The Morgan fingerprint density at radius 2 is 1.53 bits per heavy atom. The first-order valence-electron chi connectivity index (χ1n) is 10.6. The van der Waals surface area contributed by atoms with E-state index in [0.717, 1.165) is 15.9 Å². The number of hydrogen-bond donors (Lipinski definition) is 0. The summed E-state index contributed by atoms with van der Waals surface area (Å²) < 4.78 is 0.894. The molecule has 1 amide bonds. The smallest absolute Gasteiger partial charge is 0.260 e. The monoisotopic (exact) mass is 483 g/mol. The number of amides is 1. The molecule has 3 aromatic carbocycles. The molecule has 0 aliphatic rings. The number of ketones is 1. The number of fused-ring (bicyclic) bond motifs is 1. The summed E-state index contributed by atoms with van der Waals surface area (Å²) in [4.78, 5) is 37.0. The lowest BCUT2D eigenvalue weighted by atomic mass is 10.0. The van der Waals surface area contributed by atoms with Gasteiger partial charge in [-0.05, 0) is 42.5 Å². The molecule has 0 aliphatic heterocycles. The highest BCUT2D eigenvalue weighted by molar-refractivity contribution is 7.22. The Kier molecular flexibility index (Phi) is 6.16. The summed E-state index contributed by atoms with van der Waals surface area (Å²) in [6, 6.07) is 26.8. The van der Waals surface area contributed by atoms with Gasteiger partial charge in [0, 0.05) is 27.9 Å². The Morgan fingerprint density at radius 1 is 0.824 bits per heavy atom. The average Bonchev–Trinajstić information content (AvgIpc) is 3.30. The number of carbonyl (C=O) groups is 2. The van der Waals surface area contributed by atoms with Crippen LogP contribution in [0.15, 0.2) is 97.2 Å². The Balaban J connectivity index is 1.48. The van der Waals surface area contributed by atoms with Crippen LogP contribution in [0.4, 0.5) is 5.13 Å². The third-order valence-corrected chi connectivity index (χ3v) is 6.57. The van der Waals surface area contributed by atoms with Gasteiger partial charge in [-0.15, -0.1) is 0 Å². The van der Waals surface area contributed by atoms with Crippen LogP contribution in [0.5, 0.6) is 0 Å². The molecule has 2 heterocycles. The predicted octanol–water partition coefficient (Wildman–Crippen LogP) is 6.42. The molecule has 2 aromatic heterocycles. The second-order valence-electron chi connectivity index (χ2n) is 7.59. The highest BCUT2D eigenvalue weighted by Gasteiger charge is 2.23. The van der Waals surface area contributed by atoms with Gasteiger partial charge in [0.2, 0.25) is 0 Å². The van der Waals surface area contributed by atoms with E-state index in [4.69, 9.17) is 11.6 Å². The minimum absolute atomic E-state index is 0.0898. The normalized spacial score (nSPS) is 10.9. The van der Waals surface area contributed by atoms with Gasteiger partial charge in [0.05, 0.1) is 22.5 Å². The maximum Gasteiger partial charge on any atom is 0.260 e. The van der Waals surface area contributed by atoms with Crippen LogP contribution < -0.4 is 4.90 Å². The van der Waals surface area contributed by atoms with E-state index < -0.39 is 0 Å². The van der Waals surface area contributed by atoms with E-state index in [0.29, 0.717) is 26.8 Å². The van der Waals surface area contributed by atoms with Crippen LogP contribution in [0, 0.1) is 0 Å². The molecule has 5 nitrogen and oxygen atoms in total. The number of carbonyl (C=O) groups excluding carboxylic acids is 2. The molecule has 34 heavy (non-hydrogen) atoms. The van der Waals surface area contributed by atoms with E-state index in [1.54, 1.807) is 53.6 Å². The predicted molar refractivity (Wildman–Crippen MR) is 136 cm³/mol. The lowest BCUT2D eigenvalue weighted by molar-refractivity contribution is 0.0982. The van der Waals surface area contributed by atoms with Crippen molar-refractivity contribution in [3.8, 4) is 0 Å². The number of thiazole rings is 1. The molecule has 0 unspecified atom stereocenters. The van der Waals surface area contributed by atoms with Gasteiger partial charge >= 0.3 is 0 Å². The summed E-state index contributed by atoms with van der Waals surface area (Å²) in [5, 5.41) is 1.17. The minimum Gasteiger partial charge on any atom is -0.289 e. The maximum absolute atomic E-state index is 13.6. The summed E-state index contributed by atoms with van der Waals surface area (Å²) in [6.07, 6.45) is 1.69. The number of hydrogen-bond acceptors (Lipinski definition) is 5. The first kappa shape index (κ1) is 21.9. The zero-order chi connectivity index (χ0) is 23.5. The van der Waals surface area contributed by atoms with Crippen molar-refractivity contribution in [2.45, 2.75) is 6.54 Å². The van der Waals surface area contributed by atoms with Crippen molar-refractivity contribution in [2.24, 2.45) is 0 Å². The van der Waals surface area contributed by atoms with Crippen LogP contribution in [0.3, 0.4) is 0 Å². The molecule has 0 radical (unpaired) electrons. The molecule has 5 aromatic rings. The summed E-state index contributed by atoms with van der Waals surface area (Å²) in [6.45, 7) is 0.262. The summed E-state index contributed by atoms with van der Waals surface area (Å²) >= 11 is 7.54. The lowest BCUT2D eigenvalue weighted by Crippen LogP contribution is -2.30. The molecule has 0 N–H and O–H groups in total. The summed E-state index contributed by atoms with van der Waals surface area (Å²) in [5.74, 6) is -0.317. The zero-order valence-electron chi connectivity index (χ0n) is 17.9. The molecule has 0 saturated heterocycles. The highest BCUT2D eigenvalue weighted by atomic mass is 35.5. The van der Waals surface area contributed by atoms with Gasteiger partial charge in [-0.2, -0.15) is 0 Å². The van der Waals surface area contributed by atoms with Crippen molar-refractivity contribution >= 4 is 50.0 Å². The van der Waals surface area contributed by atoms with Crippen molar-refractivity contribution in [3.05, 3.63) is 125 Å². The van der Waals surface area contributed by atoms with Gasteiger partial charge in [-0.3, -0.25) is 19.5 Å². The van der Waals surface area contributed by atoms with E-state index in [1.807, 2.05) is 48.5 Å². The second kappa shape index (κ2) is 9.55. The molecule has 0 fully saturated rings. The number of aromatic nitrogens is 2. The quantitative estimate of drug-likeness (QED) is 0.261. The van der Waals surface area contributed by atoms with Crippen LogP contribution in [-0.4, -0.2) is 21.7 Å². The molecule has 166 valence electrons. The summed E-state index contributed by atoms with van der Waals surface area (Å²) in [5.41, 5.74) is 3.09. The van der Waals surface area contributed by atoms with E-state index >= 15 is 0 Å². The third-order valence-electron chi connectivity index (χ3n) is 5.29. The number of benzene rings is 3. The van der Waals surface area contributed by atoms with Crippen molar-refractivity contribution in [1.82, 2.24) is 9.97 Å². The Hall–Kier alpha value is -3.87. The first-order valence-corrected chi connectivity index (χ1v) is 11.8. The third kappa shape index (κ3) is 4.59. The Morgan fingerprint density at radius 3 is 2.26 bits per heavy atom. The largest absolute Gasteiger partial charge is 0.289 e. The van der Waals surface area contributed by atoms with Crippen molar-refractivity contribution in [3.63, 3.8) is 0 Å². The van der Waals surface area contributed by atoms with Crippen LogP contribution in [0.25, 0.3) is 10.2 Å². The van der Waals surface area contributed by atoms with Gasteiger partial charge < -0.3 is 0 Å². The van der Waals surface area contributed by atoms with Gasteiger partial charge in [-0.1, -0.05) is 71.5 Å². The van der Waals surface area contributed by atoms with E-state index in [-0.39, 0.29) is 18.2 Å². The SMILES string of the molecule is O=C(c1ccccc1)c1ccc(C(=O)N(Cc2ccccn2)c2nc3ccc(Cl)cc3s2)cc1. The van der Waals surface area contributed by atoms with Crippen molar-refractivity contribution in [1.29, 1.82) is 0 Å². The number of rotatable bonds is 6. The van der Waals surface area contributed by atoms with Crippen molar-refractivity contribution < 1.29 is 9.59 Å². The molecule has 0 atom stereocenters. The molecule has 5 rings (SSSR count). The van der Waals surface area contributed by atoms with Crippen LogP contribution in [-0.2, 0) is 6.54 Å². The number of anilines is 1. The average molecular weight is 484 g/mol. The maximum atomic E-state index is 13.6. The molecule has 0 saturated carbocycles. The van der Waals surface area contributed by atoms with Gasteiger partial charge in [0.1, 0.15) is 0 Å². The minimum atomic E-state index is -0.227. The second-order valence-corrected chi connectivity index (χ2v) is 9.04. The first-order chi connectivity index (χ1) is 16.6. The van der Waals surface area contributed by atoms with Crippen LogP contribution in [0.1, 0.15) is 32.0 Å². The van der Waals surface area contributed by atoms with Crippen molar-refractivity contribution in [2.75, 3.05) is 4.90 Å². The molecule has 7 heteroatoms. The highest BCUT2D eigenvalue weighted by Crippen LogP contribution is 2.32. The van der Waals surface area contributed by atoms with Crippen LogP contribution in [0.2, 0.25) is 5.02 Å². The number of pyridine rings is 1. The van der Waals surface area contributed by atoms with E-state index in [1.165, 1.54) is 11.3 Å². The topological polar surface area (TPSA) is 63.2 Å². The molecule has 0 spiro atoms. The molecular formula is C27H18ClN3O2S. The van der Waals surface area contributed by atoms with E-state index in [2.05, 4.69) is 9.97 Å². The molecule has 0 bridgehead atoms. The zero-order valence-corrected chi connectivity index (χ0v) is 19.5.